The van der Waals surface area contributed by atoms with E-state index in [-0.39, 0.29) is 29.6 Å². The third-order valence-electron chi connectivity index (χ3n) is 5.71. The van der Waals surface area contributed by atoms with Crippen molar-refractivity contribution in [1.82, 2.24) is 15.3 Å². The highest BCUT2D eigenvalue weighted by molar-refractivity contribution is 6.30. The Morgan fingerprint density at radius 1 is 0.944 bits per heavy atom. The Morgan fingerprint density at radius 2 is 1.64 bits per heavy atom. The largest absolute Gasteiger partial charge is 0.346 e. The topological polar surface area (TPSA) is 86.9 Å². The summed E-state index contributed by atoms with van der Waals surface area (Å²) in [4.78, 5) is 33.3. The molecule has 1 heterocycles. The molecule has 184 valence electrons. The van der Waals surface area contributed by atoms with Gasteiger partial charge in [0.2, 0.25) is 5.91 Å². The van der Waals surface area contributed by atoms with Crippen molar-refractivity contribution in [1.29, 1.82) is 0 Å². The summed E-state index contributed by atoms with van der Waals surface area (Å²) in [6, 6.07) is 18.1. The quantitative estimate of drug-likeness (QED) is 0.264. The van der Waals surface area contributed by atoms with E-state index in [0.29, 0.717) is 33.4 Å². The lowest BCUT2D eigenvalue weighted by atomic mass is 10.0. The summed E-state index contributed by atoms with van der Waals surface area (Å²) in [5, 5.41) is 6.44. The van der Waals surface area contributed by atoms with Crippen LogP contribution >= 0.6 is 11.6 Å². The summed E-state index contributed by atoms with van der Waals surface area (Å²) in [7, 11) is 0. The summed E-state index contributed by atoms with van der Waals surface area (Å²) in [5.41, 5.74) is 3.86. The van der Waals surface area contributed by atoms with Crippen molar-refractivity contribution < 1.29 is 14.0 Å². The van der Waals surface area contributed by atoms with E-state index in [0.717, 1.165) is 11.1 Å². The zero-order valence-corrected chi connectivity index (χ0v) is 20.9. The molecule has 3 N–H and O–H groups in total. The molecular formula is C28H26ClFN4O2. The third kappa shape index (κ3) is 5.98. The summed E-state index contributed by atoms with van der Waals surface area (Å²) >= 11 is 5.99. The Hall–Kier alpha value is -3.97. The van der Waals surface area contributed by atoms with Crippen LogP contribution in [0, 0.1) is 11.7 Å². The van der Waals surface area contributed by atoms with Crippen molar-refractivity contribution >= 4 is 29.1 Å². The van der Waals surface area contributed by atoms with Gasteiger partial charge in [0.15, 0.2) is 0 Å². The molecule has 0 aliphatic rings. The fourth-order valence-electron chi connectivity index (χ4n) is 3.61. The molecule has 2 amide bonds. The van der Waals surface area contributed by atoms with Crippen LogP contribution in [0.15, 0.2) is 72.9 Å². The molecule has 6 nitrogen and oxygen atoms in total. The van der Waals surface area contributed by atoms with Gasteiger partial charge in [0, 0.05) is 33.3 Å². The Bertz CT molecular complexity index is 1380. The van der Waals surface area contributed by atoms with Crippen molar-refractivity contribution in [3.05, 3.63) is 94.9 Å². The molecule has 0 radical (unpaired) electrons. The highest BCUT2D eigenvalue weighted by Crippen LogP contribution is 2.27. The van der Waals surface area contributed by atoms with Gasteiger partial charge in [-0.25, -0.2) is 9.37 Å². The van der Waals surface area contributed by atoms with Gasteiger partial charge in [-0.15, -0.1) is 0 Å². The number of aromatic nitrogens is 2. The van der Waals surface area contributed by atoms with E-state index < -0.39 is 0 Å². The van der Waals surface area contributed by atoms with Gasteiger partial charge >= 0.3 is 0 Å². The number of imidazole rings is 1. The van der Waals surface area contributed by atoms with Crippen molar-refractivity contribution in [2.24, 2.45) is 5.92 Å². The minimum absolute atomic E-state index is 0.162. The van der Waals surface area contributed by atoms with Crippen LogP contribution in [0.2, 0.25) is 5.02 Å². The smallest absolute Gasteiger partial charge is 0.251 e. The number of halogens is 2. The summed E-state index contributed by atoms with van der Waals surface area (Å²) in [5.74, 6) is -0.411. The minimum atomic E-state index is -0.348. The summed E-state index contributed by atoms with van der Waals surface area (Å²) in [6.07, 6.45) is 1.68. The number of carbonyl (C=O) groups is 2. The zero-order valence-electron chi connectivity index (χ0n) is 20.1. The molecular weight excluding hydrogens is 479 g/mol. The number of nitrogens with one attached hydrogen (secondary N) is 3. The Labute approximate surface area is 213 Å². The Kier molecular flexibility index (Phi) is 7.50. The van der Waals surface area contributed by atoms with Crippen molar-refractivity contribution in [3.63, 3.8) is 0 Å². The number of aromatic amines is 1. The molecule has 0 saturated heterocycles. The SMILES string of the molecule is CC(C)C(=O)Nc1cc(C(=O)NC(C)c2ccc(F)cc2)cc(-c2cnc(-c3ccc(Cl)cc3)[nH]2)c1. The first-order valence-electron chi connectivity index (χ1n) is 11.5. The maximum Gasteiger partial charge on any atom is 0.251 e. The molecule has 4 rings (SSSR count). The lowest BCUT2D eigenvalue weighted by molar-refractivity contribution is -0.118. The molecule has 8 heteroatoms. The van der Waals surface area contributed by atoms with Gasteiger partial charge in [-0.2, -0.15) is 0 Å². The maximum atomic E-state index is 13.3. The summed E-state index contributed by atoms with van der Waals surface area (Å²) in [6.45, 7) is 5.42. The number of rotatable bonds is 7. The molecule has 0 fully saturated rings. The van der Waals surface area contributed by atoms with Gasteiger partial charge in [0.1, 0.15) is 11.6 Å². The van der Waals surface area contributed by atoms with Crippen LogP contribution in [0.5, 0.6) is 0 Å². The van der Waals surface area contributed by atoms with Gasteiger partial charge < -0.3 is 15.6 Å². The number of H-pyrrole nitrogens is 1. The van der Waals surface area contributed by atoms with E-state index in [1.165, 1.54) is 12.1 Å². The maximum absolute atomic E-state index is 13.3. The summed E-state index contributed by atoms with van der Waals surface area (Å²) < 4.78 is 13.3. The van der Waals surface area contributed by atoms with Crippen molar-refractivity contribution in [3.8, 4) is 22.6 Å². The van der Waals surface area contributed by atoms with Crippen molar-refractivity contribution in [2.75, 3.05) is 5.32 Å². The molecule has 4 aromatic rings. The van der Waals surface area contributed by atoms with Gasteiger partial charge in [-0.1, -0.05) is 37.6 Å². The zero-order chi connectivity index (χ0) is 25.8. The van der Waals surface area contributed by atoms with E-state index >= 15 is 0 Å². The molecule has 1 aromatic heterocycles. The lowest BCUT2D eigenvalue weighted by Crippen LogP contribution is -2.27. The molecule has 36 heavy (non-hydrogen) atoms. The number of hydrogen-bond acceptors (Lipinski definition) is 3. The molecule has 1 unspecified atom stereocenters. The second-order valence-electron chi connectivity index (χ2n) is 8.84. The number of anilines is 1. The van der Waals surface area contributed by atoms with Gasteiger partial charge in [-0.3, -0.25) is 9.59 Å². The number of amides is 2. The Balaban J connectivity index is 1.65. The van der Waals surface area contributed by atoms with Crippen LogP contribution in [0.4, 0.5) is 10.1 Å². The molecule has 0 saturated carbocycles. The van der Waals surface area contributed by atoms with Gasteiger partial charge in [0.05, 0.1) is 17.9 Å². The molecule has 0 bridgehead atoms. The molecule has 0 spiro atoms. The standard InChI is InChI=1S/C28H26ClFN4O2/c1-16(2)27(35)33-24-13-20(25-15-31-26(34-25)19-4-8-22(29)9-5-19)12-21(14-24)28(36)32-17(3)18-6-10-23(30)11-7-18/h4-17H,1-3H3,(H,31,34)(H,32,36)(H,33,35). The van der Waals surface area contributed by atoms with Crippen LogP contribution in [0.1, 0.15) is 42.7 Å². The number of benzene rings is 3. The average Bonchev–Trinajstić information content (AvgIpc) is 3.35. The van der Waals surface area contributed by atoms with Crippen LogP contribution in [0.3, 0.4) is 0 Å². The molecule has 0 aliphatic heterocycles. The van der Waals surface area contributed by atoms with E-state index in [1.54, 1.807) is 62.5 Å². The first-order chi connectivity index (χ1) is 17.2. The molecule has 3 aromatic carbocycles. The van der Waals surface area contributed by atoms with Crippen LogP contribution in [0.25, 0.3) is 22.6 Å². The monoisotopic (exact) mass is 504 g/mol. The second-order valence-corrected chi connectivity index (χ2v) is 9.28. The Morgan fingerprint density at radius 3 is 2.31 bits per heavy atom. The fraction of sp³-hybridized carbons (Fsp3) is 0.179. The molecule has 0 aliphatic carbocycles. The van der Waals surface area contributed by atoms with Gasteiger partial charge in [-0.05, 0) is 67.1 Å². The van der Waals surface area contributed by atoms with E-state index in [4.69, 9.17) is 11.6 Å². The first kappa shape index (κ1) is 25.1. The van der Waals surface area contributed by atoms with Gasteiger partial charge in [0.25, 0.3) is 5.91 Å². The number of carbonyl (C=O) groups excluding carboxylic acids is 2. The normalized spacial score (nSPS) is 11.8. The first-order valence-corrected chi connectivity index (χ1v) is 11.9. The van der Waals surface area contributed by atoms with E-state index in [9.17, 15) is 14.0 Å². The number of nitrogens with zero attached hydrogens (tertiary/aromatic N) is 1. The number of hydrogen-bond donors (Lipinski definition) is 3. The van der Waals surface area contributed by atoms with Crippen molar-refractivity contribution in [2.45, 2.75) is 26.8 Å². The predicted molar refractivity (Wildman–Crippen MR) is 140 cm³/mol. The minimum Gasteiger partial charge on any atom is -0.346 e. The molecule has 1 atom stereocenters. The fourth-order valence-corrected chi connectivity index (χ4v) is 3.74. The van der Waals surface area contributed by atoms with Crippen LogP contribution in [-0.2, 0) is 4.79 Å². The van der Waals surface area contributed by atoms with Crippen LogP contribution < -0.4 is 10.6 Å². The highest BCUT2D eigenvalue weighted by atomic mass is 35.5. The van der Waals surface area contributed by atoms with Crippen LogP contribution in [-0.4, -0.2) is 21.8 Å². The third-order valence-corrected chi connectivity index (χ3v) is 5.96. The van der Waals surface area contributed by atoms with E-state index in [1.807, 2.05) is 19.1 Å². The second kappa shape index (κ2) is 10.7. The lowest BCUT2D eigenvalue weighted by Gasteiger charge is -2.16. The van der Waals surface area contributed by atoms with E-state index in [2.05, 4.69) is 20.6 Å². The highest BCUT2D eigenvalue weighted by Gasteiger charge is 2.17. The predicted octanol–water partition coefficient (Wildman–Crippen LogP) is 6.62. The average molecular weight is 505 g/mol.